The normalized spacial score (nSPS) is 28.2. The van der Waals surface area contributed by atoms with Crippen LogP contribution < -0.4 is 11.1 Å². The topological polar surface area (TPSA) is 65.7 Å². The summed E-state index contributed by atoms with van der Waals surface area (Å²) < 4.78 is 18.8. The van der Waals surface area contributed by atoms with Crippen molar-refractivity contribution in [3.8, 4) is 0 Å². The summed E-state index contributed by atoms with van der Waals surface area (Å²) >= 11 is 0. The van der Waals surface area contributed by atoms with Crippen LogP contribution in [0.3, 0.4) is 0 Å². The van der Waals surface area contributed by atoms with Gasteiger partial charge in [-0.25, -0.2) is 0 Å². The number of hydrogen-bond acceptors (Lipinski definition) is 5. The summed E-state index contributed by atoms with van der Waals surface area (Å²) in [5.41, 5.74) is 6.92. The third-order valence-corrected chi connectivity index (χ3v) is 10.6. The number of ether oxygens (including phenoxy) is 1. The molecule has 3 N–H and O–H groups in total. The highest BCUT2D eigenvalue weighted by atomic mass is 28.4. The van der Waals surface area contributed by atoms with Gasteiger partial charge in [-0.3, -0.25) is 0 Å². The van der Waals surface area contributed by atoms with Crippen molar-refractivity contribution in [2.24, 2.45) is 5.73 Å². The van der Waals surface area contributed by atoms with E-state index >= 15 is 0 Å². The fraction of sp³-hybridized carbons (Fsp3) is 0.700. The van der Waals surface area contributed by atoms with Crippen LogP contribution >= 0.6 is 0 Å². The number of rotatable bonds is 10. The molecule has 0 amide bonds. The van der Waals surface area contributed by atoms with Gasteiger partial charge in [-0.05, 0) is 37.3 Å². The molecule has 2 rings (SSSR count). The number of hydrogen-bond donors (Lipinski definition) is 2. The minimum absolute atomic E-state index is 0.255. The van der Waals surface area contributed by atoms with Crippen molar-refractivity contribution in [1.82, 2.24) is 5.32 Å². The molecule has 148 valence electrons. The van der Waals surface area contributed by atoms with E-state index in [-0.39, 0.29) is 5.54 Å². The number of nitrogens with one attached hydrogen (secondary N) is 1. The molecule has 5 nitrogen and oxygen atoms in total. The van der Waals surface area contributed by atoms with Crippen molar-refractivity contribution in [2.75, 3.05) is 34.4 Å². The van der Waals surface area contributed by atoms with Crippen LogP contribution in [0.15, 0.2) is 30.3 Å². The summed E-state index contributed by atoms with van der Waals surface area (Å²) in [5, 5.41) is 3.34. The molecular formula is C20H36N2O3Si. The Morgan fingerprint density at radius 3 is 2.38 bits per heavy atom. The van der Waals surface area contributed by atoms with Crippen LogP contribution in [0.1, 0.15) is 38.2 Å². The number of methoxy groups -OCH3 is 1. The number of benzene rings is 1. The van der Waals surface area contributed by atoms with Gasteiger partial charge in [-0.1, -0.05) is 43.7 Å². The lowest BCUT2D eigenvalue weighted by molar-refractivity contribution is -0.0807. The Labute approximate surface area is 159 Å². The lowest BCUT2D eigenvalue weighted by atomic mass is 9.78. The van der Waals surface area contributed by atoms with Crippen LogP contribution in [0.2, 0.25) is 6.04 Å². The average molecular weight is 381 g/mol. The van der Waals surface area contributed by atoms with E-state index in [9.17, 15) is 0 Å². The van der Waals surface area contributed by atoms with Crippen LogP contribution in [0.25, 0.3) is 0 Å². The molecule has 0 aliphatic carbocycles. The molecule has 1 aliphatic heterocycles. The van der Waals surface area contributed by atoms with Crippen molar-refractivity contribution in [3.05, 3.63) is 35.9 Å². The summed E-state index contributed by atoms with van der Waals surface area (Å²) in [6, 6.07) is 11.6. The average Bonchev–Trinajstić information content (AvgIpc) is 2.68. The highest BCUT2D eigenvalue weighted by Gasteiger charge is 2.69. The summed E-state index contributed by atoms with van der Waals surface area (Å²) in [6.45, 7) is 3.55. The molecule has 2 unspecified atom stereocenters. The molecule has 1 aliphatic rings. The highest BCUT2D eigenvalue weighted by Crippen LogP contribution is 2.50. The van der Waals surface area contributed by atoms with E-state index in [1.165, 1.54) is 5.56 Å². The Balaban J connectivity index is 2.59. The first-order chi connectivity index (χ1) is 12.6. The molecular weight excluding hydrogens is 344 g/mol. The zero-order chi connectivity index (χ0) is 19.1. The molecule has 1 aromatic rings. The third kappa shape index (κ3) is 3.63. The van der Waals surface area contributed by atoms with Crippen LogP contribution in [0, 0.1) is 0 Å². The number of nitrogens with two attached hydrogens (primary N) is 1. The molecule has 6 heteroatoms. The molecule has 0 saturated carbocycles. The van der Waals surface area contributed by atoms with Gasteiger partial charge in [0.05, 0.1) is 5.54 Å². The zero-order valence-corrected chi connectivity index (χ0v) is 17.8. The Hall–Kier alpha value is -0.763. The Morgan fingerprint density at radius 2 is 1.85 bits per heavy atom. The fourth-order valence-electron chi connectivity index (χ4n) is 5.02. The van der Waals surface area contributed by atoms with Crippen LogP contribution in [-0.2, 0) is 20.0 Å². The Morgan fingerprint density at radius 1 is 1.15 bits per heavy atom. The molecule has 26 heavy (non-hydrogen) atoms. The Bertz CT molecular complexity index is 541. The maximum atomic E-state index is 6.41. The minimum atomic E-state index is -2.60. The lowest BCUT2D eigenvalue weighted by Gasteiger charge is -2.59. The first-order valence-electron chi connectivity index (χ1n) is 9.73. The van der Waals surface area contributed by atoms with Gasteiger partial charge in [0.2, 0.25) is 0 Å². The van der Waals surface area contributed by atoms with E-state index in [2.05, 4.69) is 42.6 Å². The van der Waals surface area contributed by atoms with Gasteiger partial charge in [-0.2, -0.15) is 0 Å². The Kier molecular flexibility index (Phi) is 7.82. The van der Waals surface area contributed by atoms with Crippen LogP contribution in [0.4, 0.5) is 0 Å². The van der Waals surface area contributed by atoms with Crippen molar-refractivity contribution in [1.29, 1.82) is 0 Å². The quantitative estimate of drug-likeness (QED) is 0.611. The second-order valence-electron chi connectivity index (χ2n) is 7.26. The van der Waals surface area contributed by atoms with E-state index in [1.807, 2.05) is 7.11 Å². The fourth-order valence-corrected chi connectivity index (χ4v) is 9.28. The predicted molar refractivity (Wildman–Crippen MR) is 108 cm³/mol. The third-order valence-electron chi connectivity index (χ3n) is 6.06. The predicted octanol–water partition coefficient (Wildman–Crippen LogP) is 2.77. The molecule has 0 aromatic heterocycles. The van der Waals surface area contributed by atoms with Gasteiger partial charge < -0.3 is 24.6 Å². The first-order valence-corrected chi connectivity index (χ1v) is 11.8. The summed E-state index contributed by atoms with van der Waals surface area (Å²) in [6.07, 6.45) is 4.88. The highest BCUT2D eigenvalue weighted by molar-refractivity contribution is 6.71. The van der Waals surface area contributed by atoms with Crippen molar-refractivity contribution < 1.29 is 13.6 Å². The summed E-state index contributed by atoms with van der Waals surface area (Å²) in [4.78, 5) is 0. The molecule has 2 atom stereocenters. The van der Waals surface area contributed by atoms with Crippen molar-refractivity contribution >= 4 is 8.56 Å². The maximum absolute atomic E-state index is 6.41. The monoisotopic (exact) mass is 380 g/mol. The van der Waals surface area contributed by atoms with Gasteiger partial charge in [0, 0.05) is 34.4 Å². The van der Waals surface area contributed by atoms with E-state index in [0.717, 1.165) is 44.7 Å². The minimum Gasteiger partial charge on any atom is -0.396 e. The second-order valence-corrected chi connectivity index (χ2v) is 10.9. The van der Waals surface area contributed by atoms with Gasteiger partial charge in [0.15, 0.2) is 0 Å². The molecule has 1 fully saturated rings. The zero-order valence-electron chi connectivity index (χ0n) is 16.8. The second kappa shape index (κ2) is 9.44. The smallest absolute Gasteiger partial charge is 0.372 e. The lowest BCUT2D eigenvalue weighted by Crippen LogP contribution is -2.80. The van der Waals surface area contributed by atoms with Crippen LogP contribution in [-0.4, -0.2) is 53.7 Å². The molecule has 1 aromatic carbocycles. The van der Waals surface area contributed by atoms with E-state index < -0.39 is 13.8 Å². The van der Waals surface area contributed by atoms with E-state index in [1.54, 1.807) is 14.2 Å². The molecule has 0 bridgehead atoms. The standard InChI is InChI=1S/C20H36N2O3Si/c1-5-12-20(23-2)19(22-15-14-21,17-18-10-7-6-8-11-18)13-9-16-26(20,24-3)25-4/h6-8,10-11,22H,5,9,12-17,21H2,1-4H3. The molecule has 1 saturated heterocycles. The summed E-state index contributed by atoms with van der Waals surface area (Å²) in [5.74, 6) is 0. The summed E-state index contributed by atoms with van der Waals surface area (Å²) in [7, 11) is 2.81. The van der Waals surface area contributed by atoms with E-state index in [4.69, 9.17) is 19.3 Å². The van der Waals surface area contributed by atoms with Crippen LogP contribution in [0.5, 0.6) is 0 Å². The van der Waals surface area contributed by atoms with Crippen molar-refractivity contribution in [2.45, 2.75) is 55.8 Å². The van der Waals surface area contributed by atoms with Gasteiger partial charge in [0.25, 0.3) is 0 Å². The maximum Gasteiger partial charge on any atom is 0.372 e. The molecule has 1 heterocycles. The van der Waals surface area contributed by atoms with Gasteiger partial charge >= 0.3 is 8.56 Å². The molecule has 0 spiro atoms. The molecule has 0 radical (unpaired) electrons. The van der Waals surface area contributed by atoms with Gasteiger partial charge in [0.1, 0.15) is 5.22 Å². The van der Waals surface area contributed by atoms with E-state index in [0.29, 0.717) is 6.54 Å². The van der Waals surface area contributed by atoms with Gasteiger partial charge in [-0.15, -0.1) is 0 Å². The van der Waals surface area contributed by atoms with Crippen molar-refractivity contribution in [3.63, 3.8) is 0 Å². The SMILES string of the molecule is CCCC1(OC)C(Cc2ccccc2)(NCCN)CCC[Si]1(OC)OC. The largest absolute Gasteiger partial charge is 0.396 e. The first kappa shape index (κ1) is 21.5.